The smallest absolute Gasteiger partial charge is 0.239 e. The predicted octanol–water partition coefficient (Wildman–Crippen LogP) is 2.09. The lowest BCUT2D eigenvalue weighted by Crippen LogP contribution is -2.39. The molecule has 0 unspecified atom stereocenters. The summed E-state index contributed by atoms with van der Waals surface area (Å²) in [5.41, 5.74) is 1.74. The standard InChI is InChI=1S/C20H22N2O5/c1-14(23)22(11-16-5-3-4-6-17(16)25-2)12-20(24)21-10-15-7-8-18-19(9-15)27-13-26-18/h3-9H,10-13H2,1-2H3,(H,21,24). The molecule has 0 radical (unpaired) electrons. The number of carbonyl (C=O) groups is 2. The minimum atomic E-state index is -0.238. The van der Waals surface area contributed by atoms with Crippen LogP contribution in [0, 0.1) is 0 Å². The zero-order valence-electron chi connectivity index (χ0n) is 15.4. The number of hydrogen-bond donors (Lipinski definition) is 1. The first-order valence-electron chi connectivity index (χ1n) is 8.59. The van der Waals surface area contributed by atoms with Crippen LogP contribution in [0.3, 0.4) is 0 Å². The molecule has 0 saturated carbocycles. The van der Waals surface area contributed by atoms with Gasteiger partial charge in [-0.3, -0.25) is 9.59 Å². The highest BCUT2D eigenvalue weighted by atomic mass is 16.7. The van der Waals surface area contributed by atoms with Crippen LogP contribution in [0.25, 0.3) is 0 Å². The molecule has 0 atom stereocenters. The van der Waals surface area contributed by atoms with E-state index in [4.69, 9.17) is 14.2 Å². The van der Waals surface area contributed by atoms with Crippen molar-refractivity contribution in [3.05, 3.63) is 53.6 Å². The van der Waals surface area contributed by atoms with Crippen molar-refractivity contribution >= 4 is 11.8 Å². The minimum Gasteiger partial charge on any atom is -0.496 e. The fourth-order valence-corrected chi connectivity index (χ4v) is 2.80. The fourth-order valence-electron chi connectivity index (χ4n) is 2.80. The van der Waals surface area contributed by atoms with E-state index >= 15 is 0 Å². The van der Waals surface area contributed by atoms with Crippen LogP contribution in [-0.4, -0.2) is 37.2 Å². The zero-order chi connectivity index (χ0) is 19.2. The van der Waals surface area contributed by atoms with E-state index < -0.39 is 0 Å². The van der Waals surface area contributed by atoms with E-state index in [0.29, 0.717) is 30.3 Å². The highest BCUT2D eigenvalue weighted by Gasteiger charge is 2.17. The van der Waals surface area contributed by atoms with Crippen LogP contribution < -0.4 is 19.5 Å². The maximum absolute atomic E-state index is 12.3. The van der Waals surface area contributed by atoms with Gasteiger partial charge in [0.15, 0.2) is 11.5 Å². The molecule has 142 valence electrons. The van der Waals surface area contributed by atoms with Gasteiger partial charge in [0.05, 0.1) is 13.7 Å². The molecular formula is C20H22N2O5. The fraction of sp³-hybridized carbons (Fsp3) is 0.300. The minimum absolute atomic E-state index is 0.0298. The van der Waals surface area contributed by atoms with Gasteiger partial charge in [0.25, 0.3) is 0 Å². The molecule has 7 heteroatoms. The predicted molar refractivity (Wildman–Crippen MR) is 98.5 cm³/mol. The van der Waals surface area contributed by atoms with Crippen molar-refractivity contribution in [3.63, 3.8) is 0 Å². The number of ether oxygens (including phenoxy) is 3. The van der Waals surface area contributed by atoms with E-state index in [1.807, 2.05) is 42.5 Å². The number of rotatable bonds is 7. The Labute approximate surface area is 157 Å². The SMILES string of the molecule is COc1ccccc1CN(CC(=O)NCc1ccc2c(c1)OCO2)C(C)=O. The normalized spacial score (nSPS) is 11.8. The summed E-state index contributed by atoms with van der Waals surface area (Å²) >= 11 is 0. The van der Waals surface area contributed by atoms with Crippen LogP contribution in [0.5, 0.6) is 17.2 Å². The van der Waals surface area contributed by atoms with Gasteiger partial charge in [-0.25, -0.2) is 0 Å². The van der Waals surface area contributed by atoms with Crippen LogP contribution in [0.2, 0.25) is 0 Å². The third-order valence-corrected chi connectivity index (χ3v) is 4.26. The first-order valence-corrected chi connectivity index (χ1v) is 8.59. The Bertz CT molecular complexity index is 837. The molecule has 0 fully saturated rings. The Kier molecular flexibility index (Phi) is 5.80. The number of benzene rings is 2. The molecule has 0 bridgehead atoms. The molecule has 7 nitrogen and oxygen atoms in total. The molecule has 0 spiro atoms. The molecular weight excluding hydrogens is 348 g/mol. The van der Waals surface area contributed by atoms with E-state index in [2.05, 4.69) is 5.32 Å². The summed E-state index contributed by atoms with van der Waals surface area (Å²) in [6.07, 6.45) is 0. The number of carbonyl (C=O) groups excluding carboxylic acids is 2. The summed E-state index contributed by atoms with van der Waals surface area (Å²) in [5, 5.41) is 2.83. The third kappa shape index (κ3) is 4.69. The molecule has 1 N–H and O–H groups in total. The molecule has 0 aromatic heterocycles. The Morgan fingerprint density at radius 2 is 1.93 bits per heavy atom. The number of nitrogens with zero attached hydrogens (tertiary/aromatic N) is 1. The maximum Gasteiger partial charge on any atom is 0.239 e. The monoisotopic (exact) mass is 370 g/mol. The van der Waals surface area contributed by atoms with Gasteiger partial charge in [-0.2, -0.15) is 0 Å². The Morgan fingerprint density at radius 3 is 2.70 bits per heavy atom. The molecule has 2 amide bonds. The van der Waals surface area contributed by atoms with Crippen LogP contribution in [0.1, 0.15) is 18.1 Å². The average molecular weight is 370 g/mol. The van der Waals surface area contributed by atoms with E-state index in [-0.39, 0.29) is 25.2 Å². The Hall–Kier alpha value is -3.22. The molecule has 1 heterocycles. The van der Waals surface area contributed by atoms with Gasteiger partial charge in [0.2, 0.25) is 18.6 Å². The van der Waals surface area contributed by atoms with Crippen molar-refractivity contribution in [2.24, 2.45) is 0 Å². The number of hydrogen-bond acceptors (Lipinski definition) is 5. The highest BCUT2D eigenvalue weighted by molar-refractivity contribution is 5.83. The lowest BCUT2D eigenvalue weighted by atomic mass is 10.2. The average Bonchev–Trinajstić information content (AvgIpc) is 3.14. The van der Waals surface area contributed by atoms with Crippen LogP contribution in [-0.2, 0) is 22.7 Å². The van der Waals surface area contributed by atoms with Crippen molar-refractivity contribution in [2.75, 3.05) is 20.4 Å². The second-order valence-electron chi connectivity index (χ2n) is 6.15. The first kappa shape index (κ1) is 18.6. The van der Waals surface area contributed by atoms with Gasteiger partial charge in [-0.15, -0.1) is 0 Å². The van der Waals surface area contributed by atoms with Gasteiger partial charge in [0.1, 0.15) is 5.75 Å². The molecule has 0 aliphatic carbocycles. The lowest BCUT2D eigenvalue weighted by Gasteiger charge is -2.21. The zero-order valence-corrected chi connectivity index (χ0v) is 15.4. The largest absolute Gasteiger partial charge is 0.496 e. The van der Waals surface area contributed by atoms with E-state index in [9.17, 15) is 9.59 Å². The van der Waals surface area contributed by atoms with Crippen molar-refractivity contribution in [2.45, 2.75) is 20.0 Å². The van der Waals surface area contributed by atoms with Crippen LogP contribution in [0.4, 0.5) is 0 Å². The number of fused-ring (bicyclic) bond motifs is 1. The van der Waals surface area contributed by atoms with Gasteiger partial charge in [-0.05, 0) is 23.8 Å². The third-order valence-electron chi connectivity index (χ3n) is 4.26. The number of methoxy groups -OCH3 is 1. The van der Waals surface area contributed by atoms with E-state index in [1.165, 1.54) is 11.8 Å². The second-order valence-corrected chi connectivity index (χ2v) is 6.15. The molecule has 2 aromatic rings. The van der Waals surface area contributed by atoms with E-state index in [0.717, 1.165) is 11.1 Å². The quantitative estimate of drug-likeness (QED) is 0.808. The number of nitrogens with one attached hydrogen (secondary N) is 1. The Morgan fingerprint density at radius 1 is 1.15 bits per heavy atom. The molecule has 3 rings (SSSR count). The van der Waals surface area contributed by atoms with Crippen molar-refractivity contribution < 1.29 is 23.8 Å². The Balaban J connectivity index is 1.58. The van der Waals surface area contributed by atoms with Gasteiger partial charge in [-0.1, -0.05) is 24.3 Å². The molecule has 1 aliphatic heterocycles. The van der Waals surface area contributed by atoms with Crippen molar-refractivity contribution in [3.8, 4) is 17.2 Å². The van der Waals surface area contributed by atoms with Gasteiger partial charge in [0, 0.05) is 25.6 Å². The second kappa shape index (κ2) is 8.44. The maximum atomic E-state index is 12.3. The van der Waals surface area contributed by atoms with Crippen molar-refractivity contribution in [1.29, 1.82) is 0 Å². The van der Waals surface area contributed by atoms with Gasteiger partial charge >= 0.3 is 0 Å². The summed E-state index contributed by atoms with van der Waals surface area (Å²) in [5.74, 6) is 1.63. The topological polar surface area (TPSA) is 77.1 Å². The number of amides is 2. The summed E-state index contributed by atoms with van der Waals surface area (Å²) in [7, 11) is 1.58. The van der Waals surface area contributed by atoms with Gasteiger partial charge < -0.3 is 24.4 Å². The van der Waals surface area contributed by atoms with Crippen LogP contribution in [0.15, 0.2) is 42.5 Å². The number of para-hydroxylation sites is 1. The van der Waals surface area contributed by atoms with E-state index in [1.54, 1.807) is 7.11 Å². The summed E-state index contributed by atoms with van der Waals surface area (Å²) in [6.45, 7) is 2.27. The summed E-state index contributed by atoms with van der Waals surface area (Å²) < 4.78 is 15.9. The first-order chi connectivity index (χ1) is 13.1. The van der Waals surface area contributed by atoms with Crippen LogP contribution >= 0.6 is 0 Å². The molecule has 2 aromatic carbocycles. The lowest BCUT2D eigenvalue weighted by molar-refractivity contribution is -0.135. The summed E-state index contributed by atoms with van der Waals surface area (Å²) in [4.78, 5) is 25.8. The van der Waals surface area contributed by atoms with Crippen molar-refractivity contribution in [1.82, 2.24) is 10.2 Å². The molecule has 1 aliphatic rings. The molecule has 27 heavy (non-hydrogen) atoms. The molecule has 0 saturated heterocycles. The summed E-state index contributed by atoms with van der Waals surface area (Å²) in [6, 6.07) is 12.9. The highest BCUT2D eigenvalue weighted by Crippen LogP contribution is 2.32.